The third-order valence-electron chi connectivity index (χ3n) is 7.22. The molecule has 2 aromatic rings. The fraction of sp³-hybridized carbons (Fsp3) is 0.656. The normalized spacial score (nSPS) is 12.1. The van der Waals surface area contributed by atoms with E-state index in [9.17, 15) is 4.79 Å². The van der Waals surface area contributed by atoms with E-state index in [1.807, 2.05) is 12.3 Å². The second-order valence-electron chi connectivity index (χ2n) is 10.3. The van der Waals surface area contributed by atoms with Crippen LogP contribution in [0, 0.1) is 0 Å². The van der Waals surface area contributed by atoms with Crippen molar-refractivity contribution in [3.8, 4) is 5.75 Å². The Kier molecular flexibility index (Phi) is 16.7. The van der Waals surface area contributed by atoms with Crippen LogP contribution in [-0.4, -0.2) is 11.2 Å². The molecule has 4 heteroatoms. The van der Waals surface area contributed by atoms with Crippen LogP contribution in [0.4, 0.5) is 0 Å². The molecule has 0 saturated carbocycles. The summed E-state index contributed by atoms with van der Waals surface area (Å²) in [6.07, 6.45) is 23.6. The van der Waals surface area contributed by atoms with E-state index < -0.39 is 0 Å². The summed E-state index contributed by atoms with van der Waals surface area (Å²) in [5.74, 6) is 0.462. The standard InChI is InChI=1S/C32H50BrNO2/c1-3-4-5-6-7-8-9-10-11-12-13-14-15-16-17-21-24-36-32-27-34(30(26-33)25-31(32)35)28(2)29-22-19-18-20-23-29/h18-20,22-23,25,27-28H,3-17,21,24,26H2,1-2H3. The number of alkyl halides is 1. The Balaban J connectivity index is 1.56. The van der Waals surface area contributed by atoms with Gasteiger partial charge in [-0.15, -0.1) is 0 Å². The van der Waals surface area contributed by atoms with Crippen LogP contribution in [-0.2, 0) is 5.33 Å². The minimum atomic E-state index is -0.0301. The summed E-state index contributed by atoms with van der Waals surface area (Å²) in [4.78, 5) is 12.6. The number of pyridine rings is 1. The van der Waals surface area contributed by atoms with Gasteiger partial charge in [-0.25, -0.2) is 0 Å². The maximum atomic E-state index is 12.6. The Hall–Kier alpha value is -1.55. The van der Waals surface area contributed by atoms with Crippen molar-refractivity contribution in [3.63, 3.8) is 0 Å². The maximum Gasteiger partial charge on any atom is 0.223 e. The molecule has 0 N–H and O–H groups in total. The van der Waals surface area contributed by atoms with Crippen molar-refractivity contribution >= 4 is 15.9 Å². The first-order valence-electron chi connectivity index (χ1n) is 14.7. The second-order valence-corrected chi connectivity index (χ2v) is 10.8. The number of unbranched alkanes of at least 4 members (excludes halogenated alkanes) is 15. The Labute approximate surface area is 229 Å². The summed E-state index contributed by atoms with van der Waals surface area (Å²) in [6, 6.07) is 12.2. The molecule has 0 fully saturated rings. The highest BCUT2D eigenvalue weighted by atomic mass is 79.9. The smallest absolute Gasteiger partial charge is 0.223 e. The summed E-state index contributed by atoms with van der Waals surface area (Å²) in [6.45, 7) is 5.05. The van der Waals surface area contributed by atoms with Crippen molar-refractivity contribution in [1.82, 2.24) is 4.57 Å². The summed E-state index contributed by atoms with van der Waals surface area (Å²) >= 11 is 3.53. The molecular formula is C32H50BrNO2. The van der Waals surface area contributed by atoms with Gasteiger partial charge in [0, 0.05) is 17.1 Å². The van der Waals surface area contributed by atoms with Gasteiger partial charge in [-0.05, 0) is 18.9 Å². The van der Waals surface area contributed by atoms with Crippen LogP contribution in [0.3, 0.4) is 0 Å². The molecule has 0 amide bonds. The van der Waals surface area contributed by atoms with E-state index in [2.05, 4.69) is 58.6 Å². The molecule has 0 radical (unpaired) electrons. The average molecular weight is 561 g/mol. The Morgan fingerprint density at radius 1 is 0.778 bits per heavy atom. The van der Waals surface area contributed by atoms with Crippen molar-refractivity contribution in [2.75, 3.05) is 6.61 Å². The molecule has 1 unspecified atom stereocenters. The van der Waals surface area contributed by atoms with E-state index in [0.29, 0.717) is 17.7 Å². The van der Waals surface area contributed by atoms with Gasteiger partial charge >= 0.3 is 0 Å². The molecule has 0 aliphatic carbocycles. The maximum absolute atomic E-state index is 12.6. The quantitative estimate of drug-likeness (QED) is 0.112. The summed E-state index contributed by atoms with van der Waals surface area (Å²) < 4.78 is 8.08. The zero-order valence-corrected chi connectivity index (χ0v) is 24.6. The van der Waals surface area contributed by atoms with Crippen molar-refractivity contribution in [3.05, 3.63) is 64.1 Å². The van der Waals surface area contributed by atoms with Gasteiger partial charge in [0.2, 0.25) is 5.43 Å². The third-order valence-corrected chi connectivity index (χ3v) is 7.79. The Morgan fingerprint density at radius 3 is 1.78 bits per heavy atom. The molecule has 3 nitrogen and oxygen atoms in total. The number of hydrogen-bond donors (Lipinski definition) is 0. The first-order chi connectivity index (χ1) is 17.7. The van der Waals surface area contributed by atoms with Crippen LogP contribution in [0.25, 0.3) is 0 Å². The number of hydrogen-bond acceptors (Lipinski definition) is 2. The molecule has 2 rings (SSSR count). The van der Waals surface area contributed by atoms with E-state index in [4.69, 9.17) is 4.74 Å². The fourth-order valence-electron chi connectivity index (χ4n) is 4.87. The van der Waals surface area contributed by atoms with E-state index >= 15 is 0 Å². The van der Waals surface area contributed by atoms with E-state index in [1.165, 1.54) is 102 Å². The molecule has 1 heterocycles. The zero-order valence-electron chi connectivity index (χ0n) is 23.0. The first-order valence-corrected chi connectivity index (χ1v) is 15.8. The molecule has 0 aliphatic heterocycles. The number of ether oxygens (including phenoxy) is 1. The summed E-state index contributed by atoms with van der Waals surface area (Å²) in [7, 11) is 0. The minimum Gasteiger partial charge on any atom is -0.488 e. The predicted molar refractivity (Wildman–Crippen MR) is 159 cm³/mol. The second kappa shape index (κ2) is 19.5. The fourth-order valence-corrected chi connectivity index (χ4v) is 5.32. The Morgan fingerprint density at radius 2 is 1.28 bits per heavy atom. The van der Waals surface area contributed by atoms with Crippen LogP contribution >= 0.6 is 15.9 Å². The van der Waals surface area contributed by atoms with Gasteiger partial charge < -0.3 is 9.30 Å². The highest BCUT2D eigenvalue weighted by Gasteiger charge is 2.13. The van der Waals surface area contributed by atoms with Crippen molar-refractivity contribution < 1.29 is 4.74 Å². The topological polar surface area (TPSA) is 31.2 Å². The summed E-state index contributed by atoms with van der Waals surface area (Å²) in [5.41, 5.74) is 2.15. The average Bonchev–Trinajstić information content (AvgIpc) is 2.91. The molecule has 0 aliphatic rings. The molecule has 36 heavy (non-hydrogen) atoms. The number of rotatable bonds is 21. The monoisotopic (exact) mass is 559 g/mol. The van der Waals surface area contributed by atoms with Gasteiger partial charge in [-0.3, -0.25) is 4.79 Å². The third kappa shape index (κ3) is 12.1. The van der Waals surface area contributed by atoms with Crippen LogP contribution in [0.15, 0.2) is 47.4 Å². The van der Waals surface area contributed by atoms with Crippen LogP contribution in [0.5, 0.6) is 5.75 Å². The summed E-state index contributed by atoms with van der Waals surface area (Å²) in [5, 5.41) is 0.638. The number of benzene rings is 1. The number of nitrogens with zero attached hydrogens (tertiary/aromatic N) is 1. The largest absolute Gasteiger partial charge is 0.488 e. The van der Waals surface area contributed by atoms with Gasteiger partial charge in [-0.1, -0.05) is 149 Å². The van der Waals surface area contributed by atoms with Crippen molar-refractivity contribution in [2.24, 2.45) is 0 Å². The van der Waals surface area contributed by atoms with Crippen molar-refractivity contribution in [1.29, 1.82) is 0 Å². The van der Waals surface area contributed by atoms with Crippen LogP contribution in [0.1, 0.15) is 134 Å². The lowest BCUT2D eigenvalue weighted by molar-refractivity contribution is 0.298. The van der Waals surface area contributed by atoms with E-state index in [1.54, 1.807) is 6.07 Å². The van der Waals surface area contributed by atoms with E-state index in [0.717, 1.165) is 12.1 Å². The number of aromatic nitrogens is 1. The molecule has 202 valence electrons. The first kappa shape index (κ1) is 30.7. The van der Waals surface area contributed by atoms with Crippen LogP contribution < -0.4 is 10.2 Å². The van der Waals surface area contributed by atoms with E-state index in [-0.39, 0.29) is 11.5 Å². The lowest BCUT2D eigenvalue weighted by atomic mass is 10.0. The molecule has 0 saturated heterocycles. The Bertz CT molecular complexity index is 864. The van der Waals surface area contributed by atoms with Gasteiger partial charge in [0.05, 0.1) is 18.8 Å². The molecule has 0 bridgehead atoms. The van der Waals surface area contributed by atoms with Crippen LogP contribution in [0.2, 0.25) is 0 Å². The lowest BCUT2D eigenvalue weighted by Gasteiger charge is -2.21. The van der Waals surface area contributed by atoms with Gasteiger partial charge in [0.25, 0.3) is 0 Å². The van der Waals surface area contributed by atoms with Gasteiger partial charge in [0.15, 0.2) is 5.75 Å². The minimum absolute atomic E-state index is 0.0301. The zero-order chi connectivity index (χ0) is 25.8. The molecule has 1 atom stereocenters. The van der Waals surface area contributed by atoms with Gasteiger partial charge in [-0.2, -0.15) is 0 Å². The highest BCUT2D eigenvalue weighted by Crippen LogP contribution is 2.22. The predicted octanol–water partition coefficient (Wildman–Crippen LogP) is 9.99. The molecular weight excluding hydrogens is 510 g/mol. The molecule has 1 aromatic carbocycles. The van der Waals surface area contributed by atoms with Crippen molar-refractivity contribution in [2.45, 2.75) is 128 Å². The number of halogens is 1. The molecule has 0 spiro atoms. The highest BCUT2D eigenvalue weighted by molar-refractivity contribution is 9.08. The molecule has 1 aromatic heterocycles. The SMILES string of the molecule is CCCCCCCCCCCCCCCCCCOc1cn(C(C)c2ccccc2)c(CBr)cc1=O. The lowest BCUT2D eigenvalue weighted by Crippen LogP contribution is -2.18. The van der Waals surface area contributed by atoms with Gasteiger partial charge in [0.1, 0.15) is 0 Å².